The van der Waals surface area contributed by atoms with Gasteiger partial charge in [-0.15, -0.1) is 0 Å². The maximum absolute atomic E-state index is 14.4. The Balaban J connectivity index is 0.661. The number of esters is 1. The lowest BCUT2D eigenvalue weighted by molar-refractivity contribution is -0.346. The minimum Gasteiger partial charge on any atom is -0.459 e. The lowest BCUT2D eigenvalue weighted by atomic mass is 9.72. The Morgan fingerprint density at radius 2 is 1.32 bits per heavy atom. The second-order valence-corrected chi connectivity index (χ2v) is 26.7. The fourth-order valence-corrected chi connectivity index (χ4v) is 17.5. The van der Waals surface area contributed by atoms with Gasteiger partial charge in [0.1, 0.15) is 24.4 Å². The predicted molar refractivity (Wildman–Crippen MR) is 270 cm³/mol. The van der Waals surface area contributed by atoms with Gasteiger partial charge in [-0.2, -0.15) is 0 Å². The van der Waals surface area contributed by atoms with Gasteiger partial charge in [0.05, 0.1) is 129 Å². The van der Waals surface area contributed by atoms with Crippen molar-refractivity contribution in [2.75, 3.05) is 6.61 Å². The fraction of sp³-hybridized carbons (Fsp3) is 0.915. The molecule has 77 heavy (non-hydrogen) atoms. The van der Waals surface area contributed by atoms with E-state index < -0.39 is 60.9 Å². The Kier molecular flexibility index (Phi) is 14.5. The van der Waals surface area contributed by atoms with Crippen molar-refractivity contribution in [3.63, 3.8) is 0 Å². The molecule has 4 N–H and O–H groups in total. The van der Waals surface area contributed by atoms with Crippen LogP contribution in [-0.4, -0.2) is 191 Å². The number of aliphatic hydroxyl groups excluding tert-OH is 4. The Morgan fingerprint density at radius 3 is 2.17 bits per heavy atom. The molecule has 15 fully saturated rings. The largest absolute Gasteiger partial charge is 0.459 e. The molecule has 0 radical (unpaired) electrons. The molecule has 430 valence electrons. The number of hydrogen-bond acceptors (Lipinski definition) is 18. The van der Waals surface area contributed by atoms with Crippen molar-refractivity contribution in [3.05, 3.63) is 24.3 Å². The first-order chi connectivity index (χ1) is 37.1. The molecule has 0 aromatic carbocycles. The average Bonchev–Trinajstić information content (AvgIpc) is 4.42. The van der Waals surface area contributed by atoms with Gasteiger partial charge in [-0.25, -0.2) is 0 Å². The highest BCUT2D eigenvalue weighted by Crippen LogP contribution is 2.57. The van der Waals surface area contributed by atoms with Crippen LogP contribution in [-0.2, 0) is 66.4 Å². The minimum absolute atomic E-state index is 0.000263. The maximum atomic E-state index is 14.4. The number of ether oxygens (including phenoxy) is 13. The summed E-state index contributed by atoms with van der Waals surface area (Å²) in [5.74, 6) is -1.41. The third-order valence-corrected chi connectivity index (χ3v) is 21.4. The summed E-state index contributed by atoms with van der Waals surface area (Å²) in [4.78, 5) is 14.4. The van der Waals surface area contributed by atoms with Crippen LogP contribution in [0.2, 0.25) is 0 Å². The minimum atomic E-state index is -1.02. The molecule has 14 aliphatic heterocycles. The number of rotatable bonds is 6. The molecule has 15 aliphatic rings. The highest BCUT2D eigenvalue weighted by Gasteiger charge is 2.68. The molecule has 14 saturated heterocycles. The zero-order valence-corrected chi connectivity index (χ0v) is 45.1. The van der Waals surface area contributed by atoms with Crippen LogP contribution >= 0.6 is 0 Å². The molecule has 18 nitrogen and oxygen atoms in total. The van der Waals surface area contributed by atoms with Gasteiger partial charge in [0.2, 0.25) is 0 Å². The fourth-order valence-electron chi connectivity index (χ4n) is 17.5. The Morgan fingerprint density at radius 1 is 0.597 bits per heavy atom. The molecule has 15 rings (SSSR count). The van der Waals surface area contributed by atoms with Gasteiger partial charge < -0.3 is 82.0 Å². The Labute approximate surface area is 452 Å². The molecule has 18 heteroatoms. The lowest BCUT2D eigenvalue weighted by Crippen LogP contribution is -2.57. The highest BCUT2D eigenvalue weighted by molar-refractivity contribution is 5.70. The summed E-state index contributed by atoms with van der Waals surface area (Å²) in [7, 11) is 0. The molecule has 1 aliphatic carbocycles. The molecule has 3 unspecified atom stereocenters. The van der Waals surface area contributed by atoms with E-state index in [1.54, 1.807) is 0 Å². The first-order valence-electron chi connectivity index (χ1n) is 30.3. The van der Waals surface area contributed by atoms with Crippen LogP contribution in [0.3, 0.4) is 0 Å². The molecule has 0 aromatic rings. The summed E-state index contributed by atoms with van der Waals surface area (Å²) in [6.07, 6.45) is 5.72. The number of carbonyl (C=O) groups is 1. The van der Waals surface area contributed by atoms with E-state index in [1.807, 2.05) is 0 Å². The summed E-state index contributed by atoms with van der Waals surface area (Å²) < 4.78 is 88.8. The molecule has 0 amide bonds. The van der Waals surface area contributed by atoms with Gasteiger partial charge in [-0.1, -0.05) is 27.0 Å². The summed E-state index contributed by atoms with van der Waals surface area (Å²) in [6.45, 7) is 13.0. The zero-order valence-electron chi connectivity index (χ0n) is 45.1. The number of fused-ring (bicyclic) bond motifs is 9. The van der Waals surface area contributed by atoms with Crippen LogP contribution in [0.5, 0.6) is 0 Å². The van der Waals surface area contributed by atoms with Crippen molar-refractivity contribution < 1.29 is 86.8 Å². The molecule has 1 saturated carbocycles. The number of hydrogen-bond donors (Lipinski definition) is 4. The van der Waals surface area contributed by atoms with Crippen LogP contribution in [0.25, 0.3) is 0 Å². The standard InChI is InChI=1S/C59H86O18/c1-27-13-33-6-8-39-28(2)14-34(65-39)9-11-59-25-51-55(77-59)57-56(73-51)54(76-59)36-15-31(5-7-40(36)71-57)16-52(64)70-49-23-48-47(69-46(49)20-41(66-33)30(27)4)22-45-44(68-48)19-35(67-45)18-43-37(62)10-12-58(74-43)24-29(3)53-50(75-58)21-42(72-53)38(63)17-32(61)26-60/h27,29,31-51,53-57,60-63H,2,4-26H2,1,3H3/t27-,29+,31+,32-,33+,34+,35+,36+,37+,38+,39+,40+,41-,42+,43+,44?,45-,46+,47+,48?,49?,50+,51-,53+,54+,55+,56-,57+,58-,59-/m1/s1. The van der Waals surface area contributed by atoms with E-state index in [-0.39, 0.29) is 140 Å². The van der Waals surface area contributed by atoms with Gasteiger partial charge in [0.15, 0.2) is 11.6 Å². The third kappa shape index (κ3) is 10.1. The van der Waals surface area contributed by atoms with Crippen LogP contribution in [0.1, 0.15) is 149 Å². The molecule has 30 atom stereocenters. The van der Waals surface area contributed by atoms with Crippen LogP contribution < -0.4 is 0 Å². The molecule has 14 heterocycles. The average molecular weight is 1080 g/mol. The second-order valence-electron chi connectivity index (χ2n) is 26.7. The summed E-state index contributed by atoms with van der Waals surface area (Å²) >= 11 is 0. The third-order valence-electron chi connectivity index (χ3n) is 21.4. The van der Waals surface area contributed by atoms with Gasteiger partial charge in [-0.05, 0) is 86.7 Å². The Bertz CT molecular complexity index is 2200. The highest BCUT2D eigenvalue weighted by atomic mass is 16.8. The van der Waals surface area contributed by atoms with Crippen molar-refractivity contribution in [1.29, 1.82) is 0 Å². The van der Waals surface area contributed by atoms with E-state index >= 15 is 0 Å². The van der Waals surface area contributed by atoms with Crippen LogP contribution in [0.15, 0.2) is 24.3 Å². The second kappa shape index (κ2) is 20.9. The Hall–Kier alpha value is -1.69. The monoisotopic (exact) mass is 1080 g/mol. The van der Waals surface area contributed by atoms with Crippen LogP contribution in [0.4, 0.5) is 0 Å². The topological polar surface area (TPSA) is 218 Å². The zero-order chi connectivity index (χ0) is 52.6. The molecular formula is C59H86O18. The van der Waals surface area contributed by atoms with Crippen molar-refractivity contribution in [2.24, 2.45) is 23.7 Å². The summed E-state index contributed by atoms with van der Waals surface area (Å²) in [5.41, 5.74) is 2.18. The smallest absolute Gasteiger partial charge is 0.306 e. The summed E-state index contributed by atoms with van der Waals surface area (Å²) in [6, 6.07) is 0. The van der Waals surface area contributed by atoms with Gasteiger partial charge in [-0.3, -0.25) is 4.79 Å². The van der Waals surface area contributed by atoms with E-state index in [0.29, 0.717) is 70.6 Å². The van der Waals surface area contributed by atoms with E-state index in [9.17, 15) is 25.2 Å². The van der Waals surface area contributed by atoms with Gasteiger partial charge >= 0.3 is 5.97 Å². The predicted octanol–water partition coefficient (Wildman–Crippen LogP) is 4.94. The normalized spacial score (nSPS) is 54.9. The molecular weight excluding hydrogens is 997 g/mol. The molecule has 12 bridgehead atoms. The molecule has 0 aromatic heterocycles. The van der Waals surface area contributed by atoms with Gasteiger partial charge in [0, 0.05) is 83.0 Å². The number of aliphatic hydroxyl groups is 4. The van der Waals surface area contributed by atoms with Gasteiger partial charge in [0.25, 0.3) is 0 Å². The number of carbonyl (C=O) groups excluding carboxylic acids is 1. The first-order valence-corrected chi connectivity index (χ1v) is 30.3. The molecule has 2 spiro atoms. The van der Waals surface area contributed by atoms with E-state index in [0.717, 1.165) is 68.9 Å². The van der Waals surface area contributed by atoms with E-state index in [4.69, 9.17) is 61.6 Å². The van der Waals surface area contributed by atoms with Crippen molar-refractivity contribution in [3.8, 4) is 0 Å². The quantitative estimate of drug-likeness (QED) is 0.205. The van der Waals surface area contributed by atoms with Crippen molar-refractivity contribution in [2.45, 2.75) is 307 Å². The lowest BCUT2D eigenvalue weighted by Gasteiger charge is -2.50. The van der Waals surface area contributed by atoms with E-state index in [1.165, 1.54) is 0 Å². The van der Waals surface area contributed by atoms with Crippen LogP contribution in [0, 0.1) is 23.7 Å². The first kappa shape index (κ1) is 53.3. The van der Waals surface area contributed by atoms with Crippen molar-refractivity contribution in [1.82, 2.24) is 0 Å². The maximum Gasteiger partial charge on any atom is 0.306 e. The SMILES string of the molecule is C=C1C[C@@H]2CC[C@@]34C[C@H]5O[C@H]6[C@@H](O[C@H]7CC[C@H](CC(=O)OC8CC9OC%10C[C@H](C[C@@H]%11O[C@@]%12(CC[C@@H]%11O)C[C@H](C)[C@@H]%11O[C@H]([C@@H](O)C[C@@H](O)CO)C[C@@H]%11O%12)O[C@@H]%10C[C@@H]9O[C@H]8C[C@H]8O[C@@H](CC[C@@H]1O2)C[C@@H](C)C8=C)C[C@@H]7[C@@H]6O3)[C@H]5O4. The summed E-state index contributed by atoms with van der Waals surface area (Å²) in [5, 5.41) is 41.6. The van der Waals surface area contributed by atoms with E-state index in [2.05, 4.69) is 27.0 Å². The van der Waals surface area contributed by atoms with Crippen molar-refractivity contribution >= 4 is 5.97 Å².